The molecule has 0 radical (unpaired) electrons. The van der Waals surface area contributed by atoms with E-state index in [0.717, 1.165) is 5.56 Å². The van der Waals surface area contributed by atoms with Crippen molar-refractivity contribution in [1.29, 1.82) is 0 Å². The lowest BCUT2D eigenvalue weighted by atomic mass is 9.93. The summed E-state index contributed by atoms with van der Waals surface area (Å²) in [4.78, 5) is 10.4. The number of rotatable bonds is 4. The van der Waals surface area contributed by atoms with Crippen molar-refractivity contribution in [3.8, 4) is 0 Å². The lowest BCUT2D eigenvalue weighted by Crippen LogP contribution is -2.17. The first-order chi connectivity index (χ1) is 6.75. The van der Waals surface area contributed by atoms with Gasteiger partial charge in [0, 0.05) is 12.6 Å². The van der Waals surface area contributed by atoms with Crippen LogP contribution in [0.5, 0.6) is 0 Å². The molecule has 0 unspecified atom stereocenters. The molecule has 76 valence electrons. The second-order valence-electron chi connectivity index (χ2n) is 3.81. The van der Waals surface area contributed by atoms with Gasteiger partial charge in [0.05, 0.1) is 12.2 Å². The first-order valence-corrected chi connectivity index (χ1v) is 5.00. The number of hydrogen-bond donors (Lipinski definition) is 1. The Morgan fingerprint density at radius 2 is 2.43 bits per heavy atom. The van der Waals surface area contributed by atoms with Crippen molar-refractivity contribution in [1.82, 2.24) is 9.78 Å². The van der Waals surface area contributed by atoms with Gasteiger partial charge in [0.25, 0.3) is 0 Å². The van der Waals surface area contributed by atoms with Crippen LogP contribution in [0.1, 0.15) is 37.3 Å². The van der Waals surface area contributed by atoms with E-state index in [4.69, 9.17) is 5.11 Å². The highest BCUT2D eigenvalue weighted by molar-refractivity contribution is 5.67. The Balaban J connectivity index is 1.92. The maximum atomic E-state index is 10.4. The highest BCUT2D eigenvalue weighted by Gasteiger charge is 2.19. The van der Waals surface area contributed by atoms with Crippen LogP contribution in [0.15, 0.2) is 12.4 Å². The van der Waals surface area contributed by atoms with Crippen LogP contribution in [0.4, 0.5) is 0 Å². The van der Waals surface area contributed by atoms with Crippen LogP contribution in [0.25, 0.3) is 0 Å². The van der Waals surface area contributed by atoms with Gasteiger partial charge in [-0.25, -0.2) is 0 Å². The van der Waals surface area contributed by atoms with Crippen molar-refractivity contribution in [3.05, 3.63) is 18.0 Å². The van der Waals surface area contributed by atoms with E-state index in [1.165, 1.54) is 19.3 Å². The highest BCUT2D eigenvalue weighted by Crippen LogP contribution is 2.30. The van der Waals surface area contributed by atoms with Crippen molar-refractivity contribution in [2.75, 3.05) is 0 Å². The molecule has 1 aliphatic rings. The molecule has 1 fully saturated rings. The number of hydrogen-bond acceptors (Lipinski definition) is 2. The highest BCUT2D eigenvalue weighted by atomic mass is 16.4. The predicted octanol–water partition coefficient (Wildman–Crippen LogP) is 1.63. The monoisotopic (exact) mass is 194 g/mol. The Morgan fingerprint density at radius 1 is 1.64 bits per heavy atom. The van der Waals surface area contributed by atoms with Gasteiger partial charge in [-0.3, -0.25) is 9.48 Å². The van der Waals surface area contributed by atoms with Crippen LogP contribution in [0, 0.1) is 0 Å². The minimum atomic E-state index is -0.749. The minimum absolute atomic E-state index is 0.191. The van der Waals surface area contributed by atoms with Gasteiger partial charge in [0.1, 0.15) is 0 Å². The van der Waals surface area contributed by atoms with Crippen LogP contribution < -0.4 is 0 Å². The smallest absolute Gasteiger partial charge is 0.303 e. The van der Waals surface area contributed by atoms with Gasteiger partial charge in [0.2, 0.25) is 0 Å². The zero-order chi connectivity index (χ0) is 9.97. The maximum absolute atomic E-state index is 10.4. The van der Waals surface area contributed by atoms with Crippen molar-refractivity contribution >= 4 is 5.97 Å². The maximum Gasteiger partial charge on any atom is 0.303 e. The van der Waals surface area contributed by atoms with E-state index in [2.05, 4.69) is 5.10 Å². The fraction of sp³-hybridized carbons (Fsp3) is 0.600. The van der Waals surface area contributed by atoms with Crippen molar-refractivity contribution in [2.24, 2.45) is 0 Å². The van der Waals surface area contributed by atoms with E-state index in [9.17, 15) is 4.79 Å². The fourth-order valence-electron chi connectivity index (χ4n) is 1.61. The van der Waals surface area contributed by atoms with Crippen LogP contribution in [-0.4, -0.2) is 20.9 Å². The van der Waals surface area contributed by atoms with Gasteiger partial charge < -0.3 is 5.11 Å². The summed E-state index contributed by atoms with van der Waals surface area (Å²) in [6, 6.07) is 0.563. The Bertz CT molecular complexity index is 329. The van der Waals surface area contributed by atoms with Gasteiger partial charge >= 0.3 is 5.97 Å². The summed E-state index contributed by atoms with van der Waals surface area (Å²) >= 11 is 0. The van der Waals surface area contributed by atoms with Gasteiger partial charge in [-0.2, -0.15) is 5.10 Å². The van der Waals surface area contributed by atoms with Crippen LogP contribution in [-0.2, 0) is 11.2 Å². The molecule has 0 saturated heterocycles. The number of aliphatic carboxylic acids is 1. The number of aryl methyl sites for hydroxylation is 1. The lowest BCUT2D eigenvalue weighted by molar-refractivity contribution is -0.136. The average molecular weight is 194 g/mol. The Labute approximate surface area is 82.5 Å². The summed E-state index contributed by atoms with van der Waals surface area (Å²) in [5.41, 5.74) is 1.03. The van der Waals surface area contributed by atoms with Crippen LogP contribution >= 0.6 is 0 Å². The topological polar surface area (TPSA) is 55.1 Å². The average Bonchev–Trinajstić information content (AvgIpc) is 2.46. The molecule has 1 aromatic heterocycles. The molecule has 0 atom stereocenters. The SMILES string of the molecule is O=C(O)CCc1cnn(C2CCC2)c1. The molecule has 1 saturated carbocycles. The van der Waals surface area contributed by atoms with E-state index in [0.29, 0.717) is 12.5 Å². The zero-order valence-corrected chi connectivity index (χ0v) is 8.02. The van der Waals surface area contributed by atoms with E-state index in [1.807, 2.05) is 10.9 Å². The summed E-state index contributed by atoms with van der Waals surface area (Å²) in [5.74, 6) is -0.749. The molecule has 4 heteroatoms. The van der Waals surface area contributed by atoms with Gasteiger partial charge in [-0.05, 0) is 31.2 Å². The Hall–Kier alpha value is -1.32. The standard InChI is InChI=1S/C10H14N2O2/c13-10(14)5-4-8-6-11-12(7-8)9-2-1-3-9/h6-7,9H,1-5H2,(H,13,14). The molecular formula is C10H14N2O2. The summed E-state index contributed by atoms with van der Waals surface area (Å²) in [6.45, 7) is 0. The largest absolute Gasteiger partial charge is 0.481 e. The number of aromatic nitrogens is 2. The van der Waals surface area contributed by atoms with Gasteiger partial charge in [-0.15, -0.1) is 0 Å². The van der Waals surface area contributed by atoms with Gasteiger partial charge in [-0.1, -0.05) is 0 Å². The fourth-order valence-corrected chi connectivity index (χ4v) is 1.61. The van der Waals surface area contributed by atoms with Crippen LogP contribution in [0.2, 0.25) is 0 Å². The summed E-state index contributed by atoms with van der Waals surface area (Å²) in [6.07, 6.45) is 8.24. The van der Waals surface area contributed by atoms with E-state index < -0.39 is 5.97 Å². The van der Waals surface area contributed by atoms with Gasteiger partial charge in [0.15, 0.2) is 0 Å². The summed E-state index contributed by atoms with van der Waals surface area (Å²) in [7, 11) is 0. The number of nitrogens with zero attached hydrogens (tertiary/aromatic N) is 2. The molecule has 14 heavy (non-hydrogen) atoms. The molecule has 0 spiro atoms. The second kappa shape index (κ2) is 3.82. The molecule has 2 rings (SSSR count). The molecule has 1 N–H and O–H groups in total. The molecule has 1 heterocycles. The second-order valence-corrected chi connectivity index (χ2v) is 3.81. The zero-order valence-electron chi connectivity index (χ0n) is 8.02. The molecule has 1 aromatic rings. The predicted molar refractivity (Wildman–Crippen MR) is 51.1 cm³/mol. The van der Waals surface area contributed by atoms with Crippen LogP contribution in [0.3, 0.4) is 0 Å². The molecule has 4 nitrogen and oxygen atoms in total. The third-order valence-electron chi connectivity index (χ3n) is 2.73. The molecule has 0 bridgehead atoms. The number of carboxylic acid groups (broad SMARTS) is 1. The third kappa shape index (κ3) is 1.95. The van der Waals surface area contributed by atoms with Crippen molar-refractivity contribution in [2.45, 2.75) is 38.1 Å². The van der Waals surface area contributed by atoms with E-state index in [-0.39, 0.29) is 6.42 Å². The summed E-state index contributed by atoms with van der Waals surface area (Å²) < 4.78 is 1.97. The molecule has 0 aliphatic heterocycles. The summed E-state index contributed by atoms with van der Waals surface area (Å²) in [5, 5.41) is 12.8. The van der Waals surface area contributed by atoms with E-state index >= 15 is 0 Å². The number of carbonyl (C=O) groups is 1. The lowest BCUT2D eigenvalue weighted by Gasteiger charge is -2.25. The normalized spacial score (nSPS) is 16.6. The first kappa shape index (κ1) is 9.24. The first-order valence-electron chi connectivity index (χ1n) is 5.00. The minimum Gasteiger partial charge on any atom is -0.481 e. The number of carboxylic acids is 1. The van der Waals surface area contributed by atoms with E-state index in [1.54, 1.807) is 6.20 Å². The molecule has 0 aromatic carbocycles. The Morgan fingerprint density at radius 3 is 3.00 bits per heavy atom. The third-order valence-corrected chi connectivity index (χ3v) is 2.73. The Kier molecular flexibility index (Phi) is 2.52. The molecular weight excluding hydrogens is 180 g/mol. The quantitative estimate of drug-likeness (QED) is 0.792. The molecule has 0 amide bonds. The van der Waals surface area contributed by atoms with Crippen molar-refractivity contribution < 1.29 is 9.90 Å². The van der Waals surface area contributed by atoms with Crippen molar-refractivity contribution in [3.63, 3.8) is 0 Å². The molecule has 1 aliphatic carbocycles.